The van der Waals surface area contributed by atoms with Gasteiger partial charge in [-0.1, -0.05) is 20.8 Å². The summed E-state index contributed by atoms with van der Waals surface area (Å²) in [6.07, 6.45) is 1.50. The molecule has 18 heavy (non-hydrogen) atoms. The molecule has 1 atom stereocenters. The molecule has 0 saturated carbocycles. The van der Waals surface area contributed by atoms with Crippen molar-refractivity contribution in [3.8, 4) is 0 Å². The highest BCUT2D eigenvalue weighted by Gasteiger charge is 2.23. The molecule has 7 heteroatoms. The lowest BCUT2D eigenvalue weighted by Gasteiger charge is -2.25. The smallest absolute Gasteiger partial charge is 0.281 e. The van der Waals surface area contributed by atoms with E-state index in [9.17, 15) is 8.42 Å². The van der Waals surface area contributed by atoms with E-state index < -0.39 is 10.2 Å². The van der Waals surface area contributed by atoms with Gasteiger partial charge in [0, 0.05) is 33.2 Å². The summed E-state index contributed by atoms with van der Waals surface area (Å²) >= 11 is 0. The molecule has 0 bridgehead atoms. The molecule has 0 amide bonds. The number of halogens is 1. The summed E-state index contributed by atoms with van der Waals surface area (Å²) in [6, 6.07) is 0.0455. The van der Waals surface area contributed by atoms with Crippen LogP contribution in [0.15, 0.2) is 0 Å². The van der Waals surface area contributed by atoms with E-state index in [0.717, 1.165) is 6.42 Å². The summed E-state index contributed by atoms with van der Waals surface area (Å²) in [6.45, 7) is 7.06. The van der Waals surface area contributed by atoms with Crippen LogP contribution in [-0.2, 0) is 10.2 Å². The van der Waals surface area contributed by atoms with E-state index in [1.807, 2.05) is 20.8 Å². The summed E-state index contributed by atoms with van der Waals surface area (Å²) in [5, 5.41) is 0. The van der Waals surface area contributed by atoms with Crippen LogP contribution in [0.4, 0.5) is 0 Å². The standard InChI is InChI=1S/C11H27N3O2S.ClH/c1-6-8-13(4)17(15,16)14(5)9-7-11(12)10(2)3;/h10-11H,6-9,12H2,1-5H3;1H. The lowest BCUT2D eigenvalue weighted by atomic mass is 10.0. The first-order chi connectivity index (χ1) is 7.73. The third-order valence-corrected chi connectivity index (χ3v) is 4.90. The zero-order valence-corrected chi connectivity index (χ0v) is 13.7. The highest BCUT2D eigenvalue weighted by Crippen LogP contribution is 2.08. The quantitative estimate of drug-likeness (QED) is 0.735. The number of nitrogens with zero attached hydrogens (tertiary/aromatic N) is 2. The zero-order chi connectivity index (χ0) is 13.6. The largest absolute Gasteiger partial charge is 0.327 e. The average molecular weight is 302 g/mol. The van der Waals surface area contributed by atoms with E-state index in [2.05, 4.69) is 0 Å². The van der Waals surface area contributed by atoms with Gasteiger partial charge in [-0.25, -0.2) is 0 Å². The SMILES string of the molecule is CCCN(C)S(=O)(=O)N(C)CCC(N)C(C)C.Cl. The van der Waals surface area contributed by atoms with E-state index in [4.69, 9.17) is 5.73 Å². The maximum Gasteiger partial charge on any atom is 0.281 e. The number of hydrogen-bond acceptors (Lipinski definition) is 3. The van der Waals surface area contributed by atoms with Gasteiger partial charge < -0.3 is 5.73 Å². The first kappa shape index (κ1) is 20.4. The van der Waals surface area contributed by atoms with Crippen LogP contribution in [0.3, 0.4) is 0 Å². The van der Waals surface area contributed by atoms with E-state index in [-0.39, 0.29) is 18.4 Å². The molecule has 0 aliphatic carbocycles. The van der Waals surface area contributed by atoms with Gasteiger partial charge in [-0.15, -0.1) is 12.4 Å². The molecule has 0 saturated heterocycles. The molecular formula is C11H28ClN3O2S. The topological polar surface area (TPSA) is 66.6 Å². The van der Waals surface area contributed by atoms with Crippen LogP contribution in [0, 0.1) is 5.92 Å². The molecule has 0 rings (SSSR count). The molecule has 2 N–H and O–H groups in total. The molecule has 0 spiro atoms. The van der Waals surface area contributed by atoms with E-state index >= 15 is 0 Å². The molecular weight excluding hydrogens is 274 g/mol. The molecule has 0 heterocycles. The Kier molecular flexibility index (Phi) is 10.3. The Morgan fingerprint density at radius 3 is 1.94 bits per heavy atom. The molecule has 0 radical (unpaired) electrons. The highest BCUT2D eigenvalue weighted by molar-refractivity contribution is 7.86. The summed E-state index contributed by atoms with van der Waals surface area (Å²) in [5.74, 6) is 0.375. The highest BCUT2D eigenvalue weighted by atomic mass is 35.5. The Hall–Kier alpha value is 0.120. The van der Waals surface area contributed by atoms with Crippen molar-refractivity contribution < 1.29 is 8.42 Å². The second-order valence-corrected chi connectivity index (χ2v) is 6.99. The Labute approximate surface area is 118 Å². The molecule has 0 aromatic heterocycles. The molecule has 0 aliphatic heterocycles. The van der Waals surface area contributed by atoms with Crippen molar-refractivity contribution in [1.82, 2.24) is 8.61 Å². The lowest BCUT2D eigenvalue weighted by Crippen LogP contribution is -2.42. The van der Waals surface area contributed by atoms with Gasteiger partial charge in [0.25, 0.3) is 10.2 Å². The molecule has 1 unspecified atom stereocenters. The van der Waals surface area contributed by atoms with Gasteiger partial charge in [0.1, 0.15) is 0 Å². The Balaban J connectivity index is 0. The second-order valence-electron chi connectivity index (χ2n) is 4.85. The first-order valence-electron chi connectivity index (χ1n) is 6.16. The summed E-state index contributed by atoms with van der Waals surface area (Å²) in [5.41, 5.74) is 5.91. The van der Waals surface area contributed by atoms with Gasteiger partial charge in [-0.3, -0.25) is 0 Å². The van der Waals surface area contributed by atoms with Crippen molar-refractivity contribution >= 4 is 22.6 Å². The predicted octanol–water partition coefficient (Wildman–Crippen LogP) is 1.30. The van der Waals surface area contributed by atoms with Crippen LogP contribution in [0.25, 0.3) is 0 Å². The van der Waals surface area contributed by atoms with Gasteiger partial charge in [0.2, 0.25) is 0 Å². The Morgan fingerprint density at radius 2 is 1.56 bits per heavy atom. The van der Waals surface area contributed by atoms with Crippen molar-refractivity contribution in [3.63, 3.8) is 0 Å². The summed E-state index contributed by atoms with van der Waals surface area (Å²) < 4.78 is 26.8. The van der Waals surface area contributed by atoms with Crippen molar-refractivity contribution in [2.75, 3.05) is 27.2 Å². The van der Waals surface area contributed by atoms with Gasteiger partial charge >= 0.3 is 0 Å². The fourth-order valence-corrected chi connectivity index (χ4v) is 2.67. The Bertz CT molecular complexity index is 309. The molecule has 0 fully saturated rings. The van der Waals surface area contributed by atoms with Gasteiger partial charge in [0.05, 0.1) is 0 Å². The number of rotatable bonds is 8. The van der Waals surface area contributed by atoms with Crippen LogP contribution in [0.5, 0.6) is 0 Å². The molecule has 0 aromatic rings. The predicted molar refractivity (Wildman–Crippen MR) is 79.1 cm³/mol. The van der Waals surface area contributed by atoms with Gasteiger partial charge in [0.15, 0.2) is 0 Å². The summed E-state index contributed by atoms with van der Waals surface area (Å²) in [4.78, 5) is 0. The van der Waals surface area contributed by atoms with Crippen molar-refractivity contribution in [2.45, 2.75) is 39.7 Å². The molecule has 0 aliphatic rings. The first-order valence-corrected chi connectivity index (χ1v) is 7.56. The van der Waals surface area contributed by atoms with Crippen molar-refractivity contribution in [1.29, 1.82) is 0 Å². The minimum atomic E-state index is -3.31. The molecule has 5 nitrogen and oxygen atoms in total. The normalized spacial score (nSPS) is 14.1. The third-order valence-electron chi connectivity index (χ3n) is 2.96. The van der Waals surface area contributed by atoms with Crippen LogP contribution in [0.1, 0.15) is 33.6 Å². The second kappa shape index (κ2) is 9.09. The molecule has 112 valence electrons. The Morgan fingerprint density at radius 1 is 1.11 bits per heavy atom. The van der Waals surface area contributed by atoms with Crippen LogP contribution < -0.4 is 5.73 Å². The average Bonchev–Trinajstić information content (AvgIpc) is 2.25. The van der Waals surface area contributed by atoms with Crippen molar-refractivity contribution in [3.05, 3.63) is 0 Å². The minimum absolute atomic E-state index is 0. The third kappa shape index (κ3) is 6.33. The van der Waals surface area contributed by atoms with Crippen LogP contribution in [0.2, 0.25) is 0 Å². The maximum atomic E-state index is 12.0. The van der Waals surface area contributed by atoms with E-state index in [0.29, 0.717) is 25.4 Å². The molecule has 0 aromatic carbocycles. The van der Waals surface area contributed by atoms with E-state index in [1.54, 1.807) is 14.1 Å². The zero-order valence-electron chi connectivity index (χ0n) is 12.1. The number of nitrogens with two attached hydrogens (primary N) is 1. The monoisotopic (exact) mass is 301 g/mol. The lowest BCUT2D eigenvalue weighted by molar-refractivity contribution is 0.363. The van der Waals surface area contributed by atoms with Crippen LogP contribution in [-0.4, -0.2) is 50.3 Å². The fourth-order valence-electron chi connectivity index (χ4n) is 1.45. The van der Waals surface area contributed by atoms with Crippen molar-refractivity contribution in [2.24, 2.45) is 11.7 Å². The summed E-state index contributed by atoms with van der Waals surface area (Å²) in [7, 11) is -0.0969. The maximum absolute atomic E-state index is 12.0. The van der Waals surface area contributed by atoms with Gasteiger partial charge in [-0.2, -0.15) is 17.0 Å². The van der Waals surface area contributed by atoms with Crippen LogP contribution >= 0.6 is 12.4 Å². The van der Waals surface area contributed by atoms with Gasteiger partial charge in [-0.05, 0) is 18.8 Å². The fraction of sp³-hybridized carbons (Fsp3) is 1.00. The minimum Gasteiger partial charge on any atom is -0.327 e. The number of hydrogen-bond donors (Lipinski definition) is 1. The van der Waals surface area contributed by atoms with E-state index in [1.165, 1.54) is 8.61 Å².